The number of carbonyl (C=O) groups excluding carboxylic acids is 1. The molecule has 0 radical (unpaired) electrons. The van der Waals surface area contributed by atoms with E-state index in [0.29, 0.717) is 16.5 Å². The minimum Gasteiger partial charge on any atom is -0.481 e. The van der Waals surface area contributed by atoms with Crippen LogP contribution < -0.4 is 10.1 Å². The van der Waals surface area contributed by atoms with E-state index in [-0.39, 0.29) is 5.91 Å². The summed E-state index contributed by atoms with van der Waals surface area (Å²) in [4.78, 5) is 24.2. The van der Waals surface area contributed by atoms with Crippen LogP contribution in [-0.2, 0) is 15.0 Å². The van der Waals surface area contributed by atoms with Crippen LogP contribution in [0.5, 0.6) is 5.75 Å². The van der Waals surface area contributed by atoms with Gasteiger partial charge in [-0.25, -0.2) is 4.79 Å². The van der Waals surface area contributed by atoms with Gasteiger partial charge in [-0.3, -0.25) is 4.79 Å². The van der Waals surface area contributed by atoms with Crippen molar-refractivity contribution in [2.75, 3.05) is 11.9 Å². The van der Waals surface area contributed by atoms with Crippen molar-refractivity contribution in [3.8, 4) is 5.75 Å². The first-order valence-corrected chi connectivity index (χ1v) is 10.3. The summed E-state index contributed by atoms with van der Waals surface area (Å²) < 4.78 is 5.37. The number of carboxylic acid groups (broad SMARTS) is 1. The van der Waals surface area contributed by atoms with Crippen LogP contribution in [0.1, 0.15) is 31.2 Å². The first kappa shape index (κ1) is 20.2. The van der Waals surface area contributed by atoms with Gasteiger partial charge in [0.2, 0.25) is 5.91 Å². The highest BCUT2D eigenvalue weighted by molar-refractivity contribution is 6.30. The summed E-state index contributed by atoms with van der Waals surface area (Å²) in [7, 11) is 0. The maximum Gasteiger partial charge on any atom is 0.341 e. The van der Waals surface area contributed by atoms with E-state index < -0.39 is 18.0 Å². The van der Waals surface area contributed by atoms with Gasteiger partial charge in [0, 0.05) is 16.1 Å². The first-order chi connectivity index (χ1) is 14.5. The molecule has 1 aliphatic carbocycles. The summed E-state index contributed by atoms with van der Waals surface area (Å²) in [6.07, 6.45) is 3.64. The molecule has 1 aliphatic rings. The van der Waals surface area contributed by atoms with E-state index in [1.54, 1.807) is 12.1 Å². The smallest absolute Gasteiger partial charge is 0.341 e. The normalized spacial score (nSPS) is 15.1. The second-order valence-electron chi connectivity index (χ2n) is 7.62. The lowest BCUT2D eigenvalue weighted by atomic mass is 9.78. The molecule has 0 heterocycles. The minimum absolute atomic E-state index is 0.0139. The number of amides is 1. The Hall–Kier alpha value is -3.05. The molecule has 0 aliphatic heterocycles. The van der Waals surface area contributed by atoms with Crippen LogP contribution in [0.15, 0.2) is 60.7 Å². The van der Waals surface area contributed by atoms with Gasteiger partial charge < -0.3 is 15.2 Å². The summed E-state index contributed by atoms with van der Waals surface area (Å²) in [6, 6.07) is 18.5. The molecule has 3 aromatic carbocycles. The number of aliphatic carboxylic acids is 1. The Morgan fingerprint density at radius 2 is 1.77 bits per heavy atom. The number of halogens is 1. The van der Waals surface area contributed by atoms with Crippen molar-refractivity contribution in [2.45, 2.75) is 31.1 Å². The molecule has 0 unspecified atom stereocenters. The molecule has 1 fully saturated rings. The van der Waals surface area contributed by atoms with E-state index in [1.165, 1.54) is 0 Å². The fourth-order valence-corrected chi connectivity index (χ4v) is 4.37. The molecule has 0 atom stereocenters. The predicted octanol–water partition coefficient (Wildman–Crippen LogP) is 5.41. The summed E-state index contributed by atoms with van der Waals surface area (Å²) in [6.45, 7) is -0.402. The molecule has 3 aromatic rings. The van der Waals surface area contributed by atoms with Crippen molar-refractivity contribution >= 4 is 39.9 Å². The highest BCUT2D eigenvalue weighted by Gasteiger charge is 2.42. The van der Waals surface area contributed by atoms with E-state index in [2.05, 4.69) is 5.32 Å². The second-order valence-corrected chi connectivity index (χ2v) is 8.06. The summed E-state index contributed by atoms with van der Waals surface area (Å²) in [5, 5.41) is 14.3. The number of anilines is 1. The van der Waals surface area contributed by atoms with Crippen LogP contribution in [0.25, 0.3) is 10.8 Å². The molecular formula is C24H22ClNO4. The molecule has 0 bridgehead atoms. The number of fused-ring (bicyclic) bond motifs is 1. The quantitative estimate of drug-likeness (QED) is 0.556. The van der Waals surface area contributed by atoms with Gasteiger partial charge in [-0.2, -0.15) is 0 Å². The molecular weight excluding hydrogens is 402 g/mol. The van der Waals surface area contributed by atoms with Crippen LogP contribution in [0.3, 0.4) is 0 Å². The average molecular weight is 424 g/mol. The Balaban J connectivity index is 1.60. The van der Waals surface area contributed by atoms with Crippen LogP contribution in [0.2, 0.25) is 5.02 Å². The molecule has 5 nitrogen and oxygen atoms in total. The minimum atomic E-state index is -1.03. The van der Waals surface area contributed by atoms with Crippen LogP contribution in [0.4, 0.5) is 5.69 Å². The molecule has 0 aromatic heterocycles. The fourth-order valence-electron chi connectivity index (χ4n) is 4.24. The van der Waals surface area contributed by atoms with Crippen LogP contribution in [0, 0.1) is 0 Å². The van der Waals surface area contributed by atoms with Gasteiger partial charge in [0.15, 0.2) is 6.61 Å². The van der Waals surface area contributed by atoms with E-state index in [4.69, 9.17) is 21.4 Å². The molecule has 0 saturated heterocycles. The average Bonchev–Trinajstić information content (AvgIpc) is 3.23. The van der Waals surface area contributed by atoms with E-state index in [9.17, 15) is 9.59 Å². The first-order valence-electron chi connectivity index (χ1n) is 9.93. The zero-order valence-corrected chi connectivity index (χ0v) is 17.1. The van der Waals surface area contributed by atoms with Gasteiger partial charge in [-0.15, -0.1) is 0 Å². The number of carboxylic acids is 1. The number of rotatable bonds is 6. The number of ether oxygens (including phenoxy) is 1. The topological polar surface area (TPSA) is 75.6 Å². The lowest BCUT2D eigenvalue weighted by molar-refractivity contribution is -0.139. The van der Waals surface area contributed by atoms with Gasteiger partial charge >= 0.3 is 5.97 Å². The summed E-state index contributed by atoms with van der Waals surface area (Å²) in [5.41, 5.74) is 1.14. The maximum atomic E-state index is 13.4. The van der Waals surface area contributed by atoms with E-state index >= 15 is 0 Å². The van der Waals surface area contributed by atoms with Crippen molar-refractivity contribution in [1.29, 1.82) is 0 Å². The number of carbonyl (C=O) groups is 2. The van der Waals surface area contributed by atoms with Crippen molar-refractivity contribution in [2.24, 2.45) is 0 Å². The van der Waals surface area contributed by atoms with Crippen molar-refractivity contribution in [1.82, 2.24) is 0 Å². The van der Waals surface area contributed by atoms with Crippen molar-refractivity contribution in [3.63, 3.8) is 0 Å². The zero-order chi connectivity index (χ0) is 21.1. The van der Waals surface area contributed by atoms with E-state index in [1.807, 2.05) is 48.5 Å². The van der Waals surface area contributed by atoms with Gasteiger partial charge in [0.25, 0.3) is 0 Å². The summed E-state index contributed by atoms with van der Waals surface area (Å²) in [5.74, 6) is -0.541. The molecule has 6 heteroatoms. The Labute approximate surface area is 179 Å². The molecule has 4 rings (SSSR count). The Morgan fingerprint density at radius 1 is 1.03 bits per heavy atom. The lowest BCUT2D eigenvalue weighted by Gasteiger charge is -2.28. The second kappa shape index (κ2) is 8.36. The lowest BCUT2D eigenvalue weighted by Crippen LogP contribution is -2.37. The van der Waals surface area contributed by atoms with Gasteiger partial charge in [0.1, 0.15) is 5.75 Å². The highest BCUT2D eigenvalue weighted by Crippen LogP contribution is 2.42. The molecule has 0 spiro atoms. The SMILES string of the molecule is O=C(O)COc1cccc2cc(NC(=O)C3(c4ccc(Cl)cc4)CCCC3)ccc12. The van der Waals surface area contributed by atoms with Gasteiger partial charge in [-0.1, -0.05) is 48.7 Å². The third-order valence-corrected chi connectivity index (χ3v) is 5.99. The summed E-state index contributed by atoms with van der Waals surface area (Å²) >= 11 is 6.04. The molecule has 2 N–H and O–H groups in total. The number of hydrogen-bond donors (Lipinski definition) is 2. The Bertz CT molecular complexity index is 1090. The number of nitrogens with one attached hydrogen (secondary N) is 1. The predicted molar refractivity (Wildman–Crippen MR) is 117 cm³/mol. The Morgan fingerprint density at radius 3 is 2.47 bits per heavy atom. The highest BCUT2D eigenvalue weighted by atomic mass is 35.5. The third-order valence-electron chi connectivity index (χ3n) is 5.74. The molecule has 1 saturated carbocycles. The van der Waals surface area contributed by atoms with Gasteiger partial charge in [-0.05, 0) is 60.2 Å². The number of hydrogen-bond acceptors (Lipinski definition) is 3. The van der Waals surface area contributed by atoms with Crippen molar-refractivity contribution < 1.29 is 19.4 Å². The molecule has 30 heavy (non-hydrogen) atoms. The third kappa shape index (κ3) is 3.98. The zero-order valence-electron chi connectivity index (χ0n) is 16.4. The van der Waals surface area contributed by atoms with Crippen LogP contribution in [-0.4, -0.2) is 23.6 Å². The standard InChI is InChI=1S/C24H22ClNO4/c25-18-8-6-17(7-9-18)24(12-1-2-13-24)23(29)26-19-10-11-20-16(14-19)4-3-5-21(20)30-15-22(27)28/h3-11,14H,1-2,12-13,15H2,(H,26,29)(H,27,28). The monoisotopic (exact) mass is 423 g/mol. The maximum absolute atomic E-state index is 13.4. The fraction of sp³-hybridized carbons (Fsp3) is 0.250. The molecule has 154 valence electrons. The van der Waals surface area contributed by atoms with Crippen LogP contribution >= 0.6 is 11.6 Å². The van der Waals surface area contributed by atoms with E-state index in [0.717, 1.165) is 42.0 Å². The van der Waals surface area contributed by atoms with Crippen molar-refractivity contribution in [3.05, 3.63) is 71.2 Å². The van der Waals surface area contributed by atoms with Gasteiger partial charge in [0.05, 0.1) is 5.41 Å². The molecule has 1 amide bonds. The Kier molecular flexibility index (Phi) is 5.64. The largest absolute Gasteiger partial charge is 0.481 e. The number of benzene rings is 3.